The first-order valence-electron chi connectivity index (χ1n) is 6.67. The predicted octanol–water partition coefficient (Wildman–Crippen LogP) is 4.70. The summed E-state index contributed by atoms with van der Waals surface area (Å²) in [6.07, 6.45) is 2.34. The molecule has 19 heavy (non-hydrogen) atoms. The highest BCUT2D eigenvalue weighted by atomic mass is 35.5. The highest BCUT2D eigenvalue weighted by Crippen LogP contribution is 2.42. The number of alkyl halides is 1. The molecule has 0 N–H and O–H groups in total. The van der Waals surface area contributed by atoms with E-state index < -0.39 is 6.17 Å². The molecule has 0 unspecified atom stereocenters. The van der Waals surface area contributed by atoms with E-state index in [1.54, 1.807) is 0 Å². The number of benzene rings is 1. The van der Waals surface area contributed by atoms with Gasteiger partial charge in [0.25, 0.3) is 0 Å². The van der Waals surface area contributed by atoms with E-state index in [0.717, 1.165) is 19.4 Å². The van der Waals surface area contributed by atoms with Gasteiger partial charge in [0.15, 0.2) is 0 Å². The van der Waals surface area contributed by atoms with E-state index in [4.69, 9.17) is 23.2 Å². The lowest BCUT2D eigenvalue weighted by Gasteiger charge is -2.41. The Morgan fingerprint density at radius 1 is 1.21 bits per heavy atom. The van der Waals surface area contributed by atoms with Crippen molar-refractivity contribution >= 4 is 23.2 Å². The molecule has 1 fully saturated rings. The Balaban J connectivity index is 2.33. The summed E-state index contributed by atoms with van der Waals surface area (Å²) in [5.74, 6) is 0. The second-order valence-electron chi connectivity index (χ2n) is 5.82. The maximum atomic E-state index is 13.5. The van der Waals surface area contributed by atoms with E-state index in [2.05, 4.69) is 19.0 Å². The fraction of sp³-hybridized carbons (Fsp3) is 0.600. The molecule has 0 amide bonds. The topological polar surface area (TPSA) is 3.24 Å². The van der Waals surface area contributed by atoms with Crippen molar-refractivity contribution in [1.29, 1.82) is 0 Å². The summed E-state index contributed by atoms with van der Waals surface area (Å²) in [6.45, 7) is 0.914. The van der Waals surface area contributed by atoms with Crippen molar-refractivity contribution in [3.8, 4) is 0 Å². The van der Waals surface area contributed by atoms with Gasteiger partial charge >= 0.3 is 0 Å². The van der Waals surface area contributed by atoms with E-state index in [1.165, 1.54) is 5.56 Å². The van der Waals surface area contributed by atoms with Crippen LogP contribution in [0.15, 0.2) is 18.2 Å². The molecule has 0 radical (unpaired) electrons. The zero-order valence-electron chi connectivity index (χ0n) is 11.4. The molecule has 106 valence electrons. The van der Waals surface area contributed by atoms with Crippen LogP contribution in [-0.4, -0.2) is 31.7 Å². The molecule has 0 aliphatic heterocycles. The van der Waals surface area contributed by atoms with Gasteiger partial charge in [-0.2, -0.15) is 0 Å². The van der Waals surface area contributed by atoms with E-state index in [9.17, 15) is 4.39 Å². The third-order valence-electron chi connectivity index (χ3n) is 4.02. The molecule has 1 saturated carbocycles. The third kappa shape index (κ3) is 3.42. The van der Waals surface area contributed by atoms with Gasteiger partial charge in [-0.3, -0.25) is 0 Å². The van der Waals surface area contributed by atoms with E-state index in [-0.39, 0.29) is 5.41 Å². The summed E-state index contributed by atoms with van der Waals surface area (Å²) < 4.78 is 13.5. The number of halogens is 3. The lowest BCUT2D eigenvalue weighted by atomic mass is 9.68. The second kappa shape index (κ2) is 5.99. The van der Waals surface area contributed by atoms with Gasteiger partial charge < -0.3 is 4.90 Å². The van der Waals surface area contributed by atoms with E-state index in [1.807, 2.05) is 18.2 Å². The Kier molecular flexibility index (Phi) is 4.75. The first kappa shape index (κ1) is 15.1. The summed E-state index contributed by atoms with van der Waals surface area (Å²) in [6, 6.07) is 5.83. The molecule has 2 rings (SSSR count). The van der Waals surface area contributed by atoms with E-state index in [0.29, 0.717) is 22.9 Å². The highest BCUT2D eigenvalue weighted by Gasteiger charge is 2.37. The highest BCUT2D eigenvalue weighted by molar-refractivity contribution is 6.42. The van der Waals surface area contributed by atoms with Crippen LogP contribution in [0.2, 0.25) is 10.0 Å². The molecule has 0 atom stereocenters. The third-order valence-corrected chi connectivity index (χ3v) is 4.76. The first-order chi connectivity index (χ1) is 8.93. The molecule has 1 aliphatic carbocycles. The number of rotatable bonds is 3. The summed E-state index contributed by atoms with van der Waals surface area (Å²) in [4.78, 5) is 2.17. The first-order valence-corrected chi connectivity index (χ1v) is 7.43. The maximum absolute atomic E-state index is 13.5. The van der Waals surface area contributed by atoms with Gasteiger partial charge in [-0.05, 0) is 57.5 Å². The van der Waals surface area contributed by atoms with Crippen molar-refractivity contribution in [3.63, 3.8) is 0 Å². The smallest absolute Gasteiger partial charge is 0.100 e. The zero-order chi connectivity index (χ0) is 14.0. The summed E-state index contributed by atoms with van der Waals surface area (Å²) in [5.41, 5.74) is 1.18. The van der Waals surface area contributed by atoms with Gasteiger partial charge in [0.2, 0.25) is 0 Å². The van der Waals surface area contributed by atoms with Crippen molar-refractivity contribution in [2.24, 2.45) is 0 Å². The summed E-state index contributed by atoms with van der Waals surface area (Å²) in [7, 11) is 4.11. The molecule has 0 bridgehead atoms. The van der Waals surface area contributed by atoms with Gasteiger partial charge in [0.05, 0.1) is 10.0 Å². The fourth-order valence-corrected chi connectivity index (χ4v) is 3.40. The van der Waals surface area contributed by atoms with Crippen molar-refractivity contribution in [2.45, 2.75) is 37.3 Å². The van der Waals surface area contributed by atoms with Crippen LogP contribution < -0.4 is 0 Å². The Hall–Kier alpha value is -0.310. The average Bonchev–Trinajstić information content (AvgIpc) is 2.35. The van der Waals surface area contributed by atoms with E-state index >= 15 is 0 Å². The van der Waals surface area contributed by atoms with Crippen LogP contribution in [0.4, 0.5) is 4.39 Å². The SMILES string of the molecule is CN(C)CC1(c2ccc(Cl)c(Cl)c2)CCC(F)CC1. The van der Waals surface area contributed by atoms with Crippen molar-refractivity contribution in [1.82, 2.24) is 4.90 Å². The number of nitrogens with zero attached hydrogens (tertiary/aromatic N) is 1. The zero-order valence-corrected chi connectivity index (χ0v) is 12.9. The molecule has 1 aliphatic rings. The normalized spacial score (nSPS) is 27.8. The van der Waals surface area contributed by atoms with Gasteiger partial charge in [-0.25, -0.2) is 4.39 Å². The maximum Gasteiger partial charge on any atom is 0.100 e. The van der Waals surface area contributed by atoms with Gasteiger partial charge in [0.1, 0.15) is 6.17 Å². The van der Waals surface area contributed by atoms with Crippen molar-refractivity contribution in [3.05, 3.63) is 33.8 Å². The van der Waals surface area contributed by atoms with Crippen LogP contribution in [-0.2, 0) is 5.41 Å². The van der Waals surface area contributed by atoms with Crippen LogP contribution in [0.3, 0.4) is 0 Å². The van der Waals surface area contributed by atoms with Crippen LogP contribution in [0.5, 0.6) is 0 Å². The molecule has 1 aromatic rings. The fourth-order valence-electron chi connectivity index (χ4n) is 3.10. The Morgan fingerprint density at radius 3 is 2.37 bits per heavy atom. The molecule has 0 aromatic heterocycles. The lowest BCUT2D eigenvalue weighted by molar-refractivity contribution is 0.151. The molecule has 0 heterocycles. The molecule has 1 nitrogen and oxygen atoms in total. The summed E-state index contributed by atoms with van der Waals surface area (Å²) in [5, 5.41) is 1.16. The molecule has 1 aromatic carbocycles. The minimum absolute atomic E-state index is 0.000316. The van der Waals surface area contributed by atoms with Crippen LogP contribution >= 0.6 is 23.2 Å². The molecule has 4 heteroatoms. The molecular formula is C15H20Cl2FN. The average molecular weight is 304 g/mol. The lowest BCUT2D eigenvalue weighted by Crippen LogP contribution is -2.41. The molecule has 0 saturated heterocycles. The number of hydrogen-bond donors (Lipinski definition) is 0. The Bertz CT molecular complexity index is 440. The van der Waals surface area contributed by atoms with Crippen molar-refractivity contribution < 1.29 is 4.39 Å². The summed E-state index contributed by atoms with van der Waals surface area (Å²) >= 11 is 12.1. The largest absolute Gasteiger partial charge is 0.309 e. The number of likely N-dealkylation sites (N-methyl/N-ethyl adjacent to an activating group) is 1. The molecular weight excluding hydrogens is 284 g/mol. The predicted molar refractivity (Wildman–Crippen MR) is 80.1 cm³/mol. The van der Waals surface area contributed by atoms with Gasteiger partial charge in [0, 0.05) is 12.0 Å². The van der Waals surface area contributed by atoms with Gasteiger partial charge in [-0.1, -0.05) is 29.3 Å². The Morgan fingerprint density at radius 2 is 1.84 bits per heavy atom. The van der Waals surface area contributed by atoms with Crippen LogP contribution in [0.1, 0.15) is 31.2 Å². The quantitative estimate of drug-likeness (QED) is 0.782. The second-order valence-corrected chi connectivity index (χ2v) is 6.64. The van der Waals surface area contributed by atoms with Gasteiger partial charge in [-0.15, -0.1) is 0 Å². The van der Waals surface area contributed by atoms with Crippen molar-refractivity contribution in [2.75, 3.05) is 20.6 Å². The Labute approximate surface area is 124 Å². The van der Waals surface area contributed by atoms with Crippen LogP contribution in [0, 0.1) is 0 Å². The minimum atomic E-state index is -0.655. The van der Waals surface area contributed by atoms with Crippen LogP contribution in [0.25, 0.3) is 0 Å². The number of hydrogen-bond acceptors (Lipinski definition) is 1. The monoisotopic (exact) mass is 303 g/mol. The minimum Gasteiger partial charge on any atom is -0.309 e. The molecule has 0 spiro atoms. The standard InChI is InChI=1S/C15H20Cl2FN/c1-19(2)10-15(7-5-12(18)6-8-15)11-3-4-13(16)14(17)9-11/h3-4,9,12H,5-8,10H2,1-2H3.